The zero-order valence-corrected chi connectivity index (χ0v) is 44.4. The van der Waals surface area contributed by atoms with E-state index < -0.39 is 6.10 Å². The number of allylic oxidation sites excluding steroid dienone is 10. The van der Waals surface area contributed by atoms with Gasteiger partial charge in [0.15, 0.2) is 6.10 Å². The van der Waals surface area contributed by atoms with Gasteiger partial charge in [-0.15, -0.1) is 0 Å². The summed E-state index contributed by atoms with van der Waals surface area (Å²) in [5.74, 6) is -0.872. The Labute approximate surface area is 415 Å². The van der Waals surface area contributed by atoms with Crippen molar-refractivity contribution in [2.45, 2.75) is 297 Å². The molecule has 0 fully saturated rings. The first-order valence-corrected chi connectivity index (χ1v) is 28.8. The van der Waals surface area contributed by atoms with E-state index >= 15 is 0 Å². The highest BCUT2D eigenvalue weighted by Crippen LogP contribution is 2.16. The minimum absolute atomic E-state index is 0.0735. The molecule has 0 rings (SSSR count). The molecule has 0 spiro atoms. The molecule has 0 heterocycles. The summed E-state index contributed by atoms with van der Waals surface area (Å²) in [6.07, 6.45) is 69.2. The van der Waals surface area contributed by atoms with Crippen LogP contribution in [-0.2, 0) is 28.6 Å². The largest absolute Gasteiger partial charge is 0.462 e. The fourth-order valence-corrected chi connectivity index (χ4v) is 8.24. The van der Waals surface area contributed by atoms with Gasteiger partial charge in [0, 0.05) is 19.3 Å². The molecule has 388 valence electrons. The van der Waals surface area contributed by atoms with Crippen molar-refractivity contribution < 1.29 is 28.6 Å². The van der Waals surface area contributed by atoms with Crippen molar-refractivity contribution >= 4 is 17.9 Å². The van der Waals surface area contributed by atoms with E-state index in [9.17, 15) is 14.4 Å². The second-order valence-electron chi connectivity index (χ2n) is 19.2. The zero-order chi connectivity index (χ0) is 48.6. The first-order chi connectivity index (χ1) is 33.0. The molecule has 0 aromatic heterocycles. The van der Waals surface area contributed by atoms with Crippen molar-refractivity contribution in [3.05, 3.63) is 60.8 Å². The minimum atomic E-state index is -0.774. The number of esters is 3. The highest BCUT2D eigenvalue weighted by Gasteiger charge is 2.19. The minimum Gasteiger partial charge on any atom is -0.462 e. The number of unbranched alkanes of at least 4 members (excludes halogenated alkanes) is 31. The maximum atomic E-state index is 12.8. The van der Waals surface area contributed by atoms with E-state index in [1.165, 1.54) is 154 Å². The molecule has 0 radical (unpaired) electrons. The van der Waals surface area contributed by atoms with Crippen LogP contribution in [0.1, 0.15) is 290 Å². The van der Waals surface area contributed by atoms with E-state index in [1.807, 2.05) is 0 Å². The van der Waals surface area contributed by atoms with Gasteiger partial charge in [0.05, 0.1) is 0 Å². The van der Waals surface area contributed by atoms with Crippen LogP contribution < -0.4 is 0 Å². The Morgan fingerprint density at radius 3 is 0.910 bits per heavy atom. The van der Waals surface area contributed by atoms with Crippen LogP contribution in [0.2, 0.25) is 0 Å². The summed E-state index contributed by atoms with van der Waals surface area (Å²) in [7, 11) is 0. The van der Waals surface area contributed by atoms with Crippen LogP contribution in [0.4, 0.5) is 0 Å². The molecule has 0 saturated carbocycles. The average Bonchev–Trinajstić information content (AvgIpc) is 3.33. The second-order valence-corrected chi connectivity index (χ2v) is 19.2. The van der Waals surface area contributed by atoms with Gasteiger partial charge >= 0.3 is 17.9 Å². The van der Waals surface area contributed by atoms with E-state index in [2.05, 4.69) is 81.5 Å². The standard InChI is InChI=1S/C61H108O6/c1-4-7-10-13-16-19-22-25-27-28-29-30-31-32-33-34-35-37-39-42-45-48-51-54-60(63)66-57-58(56-65-59(62)53-50-47-44-41-38-24-21-18-15-12-9-6-3)67-61(64)55-52-49-46-43-40-36-26-23-20-17-14-11-8-5-2/h7,10,16,19,25,27,29-30,32-33,58H,4-6,8-9,11-15,17-18,20-24,26,28,31,34-57H2,1-3H3/b10-7-,19-16-,27-25-,30-29-,33-32-. The molecule has 0 aliphatic rings. The lowest BCUT2D eigenvalue weighted by Crippen LogP contribution is -2.30. The molecule has 0 saturated heterocycles. The average molecular weight is 938 g/mol. The molecular formula is C61H108O6. The molecule has 1 unspecified atom stereocenters. The van der Waals surface area contributed by atoms with Crippen molar-refractivity contribution in [3.8, 4) is 0 Å². The Hall–Kier alpha value is -2.89. The molecule has 0 amide bonds. The van der Waals surface area contributed by atoms with Gasteiger partial charge < -0.3 is 14.2 Å². The predicted molar refractivity (Wildman–Crippen MR) is 288 cm³/mol. The number of carbonyl (C=O) groups is 3. The Kier molecular flexibility index (Phi) is 53.3. The van der Waals surface area contributed by atoms with E-state index in [1.54, 1.807) is 0 Å². The summed E-state index contributed by atoms with van der Waals surface area (Å²) in [6, 6.07) is 0. The molecule has 0 aromatic rings. The maximum Gasteiger partial charge on any atom is 0.306 e. The molecule has 0 N–H and O–H groups in total. The van der Waals surface area contributed by atoms with Crippen LogP contribution in [-0.4, -0.2) is 37.2 Å². The third kappa shape index (κ3) is 53.9. The lowest BCUT2D eigenvalue weighted by molar-refractivity contribution is -0.167. The summed E-state index contributed by atoms with van der Waals surface area (Å²) in [5, 5.41) is 0. The Morgan fingerprint density at radius 1 is 0.313 bits per heavy atom. The quantitative estimate of drug-likeness (QED) is 0.0262. The van der Waals surface area contributed by atoms with Crippen LogP contribution in [0.25, 0.3) is 0 Å². The molecule has 0 aliphatic heterocycles. The van der Waals surface area contributed by atoms with Gasteiger partial charge in [0.1, 0.15) is 13.2 Å². The molecule has 67 heavy (non-hydrogen) atoms. The van der Waals surface area contributed by atoms with Gasteiger partial charge in [-0.3, -0.25) is 14.4 Å². The van der Waals surface area contributed by atoms with Gasteiger partial charge in [0.25, 0.3) is 0 Å². The van der Waals surface area contributed by atoms with Gasteiger partial charge in [-0.1, -0.05) is 268 Å². The van der Waals surface area contributed by atoms with Crippen LogP contribution in [0, 0.1) is 0 Å². The third-order valence-corrected chi connectivity index (χ3v) is 12.5. The fraction of sp³-hybridized carbons (Fsp3) is 0.787. The summed E-state index contributed by atoms with van der Waals surface area (Å²) in [6.45, 7) is 6.54. The van der Waals surface area contributed by atoms with Crippen molar-refractivity contribution in [3.63, 3.8) is 0 Å². The number of hydrogen-bond acceptors (Lipinski definition) is 6. The van der Waals surface area contributed by atoms with Gasteiger partial charge in [-0.25, -0.2) is 0 Å². The number of rotatable bonds is 52. The predicted octanol–water partition coefficient (Wildman–Crippen LogP) is 19.2. The molecule has 0 aromatic carbocycles. The summed E-state index contributed by atoms with van der Waals surface area (Å²) in [5.41, 5.74) is 0. The van der Waals surface area contributed by atoms with Crippen molar-refractivity contribution in [2.24, 2.45) is 0 Å². The van der Waals surface area contributed by atoms with Crippen molar-refractivity contribution in [2.75, 3.05) is 13.2 Å². The number of hydrogen-bond donors (Lipinski definition) is 0. The molecule has 6 nitrogen and oxygen atoms in total. The number of carbonyl (C=O) groups excluding carboxylic acids is 3. The lowest BCUT2D eigenvalue weighted by Gasteiger charge is -2.18. The maximum absolute atomic E-state index is 12.8. The highest BCUT2D eigenvalue weighted by molar-refractivity contribution is 5.71. The van der Waals surface area contributed by atoms with E-state index in [0.29, 0.717) is 19.3 Å². The number of ether oxygens (including phenoxy) is 3. The van der Waals surface area contributed by atoms with Crippen molar-refractivity contribution in [1.82, 2.24) is 0 Å². The topological polar surface area (TPSA) is 78.9 Å². The molecule has 0 bridgehead atoms. The molecule has 1 atom stereocenters. The summed E-state index contributed by atoms with van der Waals surface area (Å²) >= 11 is 0. The normalized spacial score (nSPS) is 12.5. The van der Waals surface area contributed by atoms with Gasteiger partial charge in [-0.05, 0) is 64.2 Å². The Bertz CT molecular complexity index is 1210. The highest BCUT2D eigenvalue weighted by atomic mass is 16.6. The van der Waals surface area contributed by atoms with E-state index in [-0.39, 0.29) is 31.1 Å². The Balaban J connectivity index is 4.31. The van der Waals surface area contributed by atoms with Crippen LogP contribution in [0.3, 0.4) is 0 Å². The van der Waals surface area contributed by atoms with Crippen LogP contribution in [0.15, 0.2) is 60.8 Å². The second kappa shape index (κ2) is 55.7. The van der Waals surface area contributed by atoms with E-state index in [4.69, 9.17) is 14.2 Å². The molecule has 0 aliphatic carbocycles. The van der Waals surface area contributed by atoms with Gasteiger partial charge in [0.2, 0.25) is 0 Å². The molecule has 6 heteroatoms. The first kappa shape index (κ1) is 64.1. The zero-order valence-electron chi connectivity index (χ0n) is 44.4. The third-order valence-electron chi connectivity index (χ3n) is 12.5. The van der Waals surface area contributed by atoms with E-state index in [0.717, 1.165) is 96.3 Å². The van der Waals surface area contributed by atoms with Crippen LogP contribution >= 0.6 is 0 Å². The molecular weight excluding hydrogens is 829 g/mol. The lowest BCUT2D eigenvalue weighted by atomic mass is 10.0. The smallest absolute Gasteiger partial charge is 0.306 e. The van der Waals surface area contributed by atoms with Crippen LogP contribution in [0.5, 0.6) is 0 Å². The SMILES string of the molecule is CC/C=C\C/C=C\C/C=C\C/C=C\C/C=C\CCCCCCCCCC(=O)OCC(COC(=O)CCCCCCCCCCCCCC)OC(=O)CCCCCCCCCCCCCCCC. The van der Waals surface area contributed by atoms with Crippen molar-refractivity contribution in [1.29, 1.82) is 0 Å². The Morgan fingerprint density at radius 2 is 0.582 bits per heavy atom. The fourth-order valence-electron chi connectivity index (χ4n) is 8.24. The van der Waals surface area contributed by atoms with Gasteiger partial charge in [-0.2, -0.15) is 0 Å². The summed E-state index contributed by atoms with van der Waals surface area (Å²) in [4.78, 5) is 38.1. The first-order valence-electron chi connectivity index (χ1n) is 28.8. The monoisotopic (exact) mass is 937 g/mol. The summed E-state index contributed by atoms with van der Waals surface area (Å²) < 4.78 is 16.9.